The Morgan fingerprint density at radius 2 is 1.80 bits per heavy atom. The molecule has 1 heterocycles. The first-order valence-corrected chi connectivity index (χ1v) is 8.78. The lowest BCUT2D eigenvalue weighted by atomic mass is 9.98. The van der Waals surface area contributed by atoms with Gasteiger partial charge in [-0.1, -0.05) is 54.1 Å². The maximum Gasteiger partial charge on any atom is 0.230 e. The van der Waals surface area contributed by atoms with Crippen LogP contribution in [0.25, 0.3) is 10.8 Å². The summed E-state index contributed by atoms with van der Waals surface area (Å²) in [7, 11) is 0. The Labute approximate surface area is 151 Å². The summed E-state index contributed by atoms with van der Waals surface area (Å²) in [5.74, 6) is 0.153. The van der Waals surface area contributed by atoms with Crippen molar-refractivity contribution in [3.8, 4) is 5.75 Å². The lowest BCUT2D eigenvalue weighted by Gasteiger charge is -2.20. The van der Waals surface area contributed by atoms with Crippen LogP contribution in [-0.2, 0) is 11.2 Å². The number of carbonyl (C=O) groups is 1. The molecular weight excluding hydrogens is 334 g/mol. The number of nitrogens with zero attached hydrogens (tertiary/aromatic N) is 1. The second-order valence-electron chi connectivity index (χ2n) is 6.46. The first-order chi connectivity index (χ1) is 12.1. The smallest absolute Gasteiger partial charge is 0.230 e. The lowest BCUT2D eigenvalue weighted by Crippen LogP contribution is -2.28. The number of carbonyl (C=O) groups excluding carboxylic acids is 1. The molecular formula is C21H18ClNO2. The highest BCUT2D eigenvalue weighted by atomic mass is 35.5. The SMILES string of the molecule is O=C1C(Cc2ccc(Cl)cc2)CCN1c1c(O)ccc2ccccc12. The van der Waals surface area contributed by atoms with E-state index in [1.807, 2.05) is 54.6 Å². The number of benzene rings is 3. The molecule has 1 amide bonds. The van der Waals surface area contributed by atoms with Gasteiger partial charge in [-0.15, -0.1) is 0 Å². The van der Waals surface area contributed by atoms with Gasteiger partial charge in [-0.2, -0.15) is 0 Å². The van der Waals surface area contributed by atoms with Crippen LogP contribution in [0.1, 0.15) is 12.0 Å². The van der Waals surface area contributed by atoms with E-state index < -0.39 is 0 Å². The molecule has 4 heteroatoms. The molecule has 1 saturated heterocycles. The van der Waals surface area contributed by atoms with Crippen molar-refractivity contribution in [1.29, 1.82) is 0 Å². The number of phenols is 1. The van der Waals surface area contributed by atoms with Crippen molar-refractivity contribution >= 4 is 34.0 Å². The molecule has 0 aromatic heterocycles. The van der Waals surface area contributed by atoms with Crippen molar-refractivity contribution in [2.75, 3.05) is 11.4 Å². The van der Waals surface area contributed by atoms with Gasteiger partial charge in [0.15, 0.2) is 0 Å². The fourth-order valence-corrected chi connectivity index (χ4v) is 3.71. The van der Waals surface area contributed by atoms with Crippen molar-refractivity contribution in [2.24, 2.45) is 5.92 Å². The summed E-state index contributed by atoms with van der Waals surface area (Å²) in [5.41, 5.74) is 1.73. The van der Waals surface area contributed by atoms with Gasteiger partial charge in [0, 0.05) is 22.9 Å². The van der Waals surface area contributed by atoms with Crippen LogP contribution in [0.3, 0.4) is 0 Å². The summed E-state index contributed by atoms with van der Waals surface area (Å²) < 4.78 is 0. The fourth-order valence-electron chi connectivity index (χ4n) is 3.58. The van der Waals surface area contributed by atoms with E-state index >= 15 is 0 Å². The molecule has 0 aliphatic carbocycles. The second kappa shape index (κ2) is 6.41. The Hall–Kier alpha value is -2.52. The number of rotatable bonds is 3. The van der Waals surface area contributed by atoms with Crippen molar-refractivity contribution in [3.05, 3.63) is 71.2 Å². The minimum atomic E-state index is -0.0699. The zero-order valence-electron chi connectivity index (χ0n) is 13.7. The number of phenolic OH excluding ortho intramolecular Hbond substituents is 1. The maximum absolute atomic E-state index is 13.0. The van der Waals surface area contributed by atoms with Gasteiger partial charge in [-0.05, 0) is 42.0 Å². The molecule has 1 fully saturated rings. The van der Waals surface area contributed by atoms with E-state index in [0.717, 1.165) is 22.8 Å². The average Bonchev–Trinajstić information content (AvgIpc) is 2.97. The molecule has 3 aromatic rings. The number of hydrogen-bond donors (Lipinski definition) is 1. The highest BCUT2D eigenvalue weighted by Gasteiger charge is 2.34. The summed E-state index contributed by atoms with van der Waals surface area (Å²) in [6.07, 6.45) is 1.47. The summed E-state index contributed by atoms with van der Waals surface area (Å²) >= 11 is 5.93. The largest absolute Gasteiger partial charge is 0.506 e. The van der Waals surface area contributed by atoms with Crippen LogP contribution in [0, 0.1) is 5.92 Å². The molecule has 1 unspecified atom stereocenters. The van der Waals surface area contributed by atoms with E-state index in [4.69, 9.17) is 11.6 Å². The molecule has 0 saturated carbocycles. The summed E-state index contributed by atoms with van der Waals surface area (Å²) in [6, 6.07) is 19.0. The zero-order chi connectivity index (χ0) is 17.4. The number of fused-ring (bicyclic) bond motifs is 1. The van der Waals surface area contributed by atoms with Crippen molar-refractivity contribution in [2.45, 2.75) is 12.8 Å². The third-order valence-corrected chi connectivity index (χ3v) is 5.11. The Morgan fingerprint density at radius 1 is 1.04 bits per heavy atom. The monoisotopic (exact) mass is 351 g/mol. The number of halogens is 1. The highest BCUT2D eigenvalue weighted by molar-refractivity contribution is 6.30. The molecule has 1 atom stereocenters. The van der Waals surface area contributed by atoms with Gasteiger partial charge >= 0.3 is 0 Å². The van der Waals surface area contributed by atoms with Gasteiger partial charge in [0.1, 0.15) is 5.75 Å². The number of hydrogen-bond acceptors (Lipinski definition) is 2. The minimum Gasteiger partial charge on any atom is -0.506 e. The van der Waals surface area contributed by atoms with Crippen LogP contribution in [-0.4, -0.2) is 17.6 Å². The van der Waals surface area contributed by atoms with Crippen molar-refractivity contribution in [3.63, 3.8) is 0 Å². The predicted octanol–water partition coefficient (Wildman–Crippen LogP) is 4.79. The van der Waals surface area contributed by atoms with Gasteiger partial charge in [-0.3, -0.25) is 4.79 Å². The Bertz CT molecular complexity index is 936. The fraction of sp³-hybridized carbons (Fsp3) is 0.190. The molecule has 4 rings (SSSR count). The van der Waals surface area contributed by atoms with Crippen LogP contribution in [0.5, 0.6) is 5.75 Å². The number of amides is 1. The average molecular weight is 352 g/mol. The normalized spacial score (nSPS) is 17.4. The van der Waals surface area contributed by atoms with Crippen LogP contribution in [0.15, 0.2) is 60.7 Å². The molecule has 0 radical (unpaired) electrons. The molecule has 1 aliphatic heterocycles. The molecule has 0 bridgehead atoms. The van der Waals surface area contributed by atoms with Crippen molar-refractivity contribution in [1.82, 2.24) is 0 Å². The Balaban J connectivity index is 1.64. The topological polar surface area (TPSA) is 40.5 Å². The second-order valence-corrected chi connectivity index (χ2v) is 6.90. The van der Waals surface area contributed by atoms with Gasteiger partial charge in [0.2, 0.25) is 5.91 Å². The number of aromatic hydroxyl groups is 1. The highest BCUT2D eigenvalue weighted by Crippen LogP contribution is 2.39. The number of anilines is 1. The maximum atomic E-state index is 13.0. The van der Waals surface area contributed by atoms with E-state index in [9.17, 15) is 9.90 Å². The molecule has 1 N–H and O–H groups in total. The van der Waals surface area contributed by atoms with E-state index in [-0.39, 0.29) is 17.6 Å². The Morgan fingerprint density at radius 3 is 2.60 bits per heavy atom. The van der Waals surface area contributed by atoms with Gasteiger partial charge in [-0.25, -0.2) is 0 Å². The van der Waals surface area contributed by atoms with Crippen molar-refractivity contribution < 1.29 is 9.90 Å². The Kier molecular flexibility index (Phi) is 4.10. The standard InChI is InChI=1S/C21H18ClNO2/c22-17-8-5-14(6-9-17)13-16-11-12-23(21(16)25)20-18-4-2-1-3-15(18)7-10-19(20)24/h1-10,16,24H,11-13H2. The molecule has 1 aliphatic rings. The molecule has 25 heavy (non-hydrogen) atoms. The van der Waals surface area contributed by atoms with Crippen LogP contribution < -0.4 is 4.90 Å². The first-order valence-electron chi connectivity index (χ1n) is 8.40. The van der Waals surface area contributed by atoms with Crippen LogP contribution in [0.4, 0.5) is 5.69 Å². The molecule has 3 nitrogen and oxygen atoms in total. The van der Waals surface area contributed by atoms with E-state index in [1.165, 1.54) is 0 Å². The first kappa shape index (κ1) is 16.0. The lowest BCUT2D eigenvalue weighted by molar-refractivity contribution is -0.120. The molecule has 126 valence electrons. The molecule has 3 aromatic carbocycles. The molecule has 0 spiro atoms. The van der Waals surface area contributed by atoms with Gasteiger partial charge in [0.25, 0.3) is 0 Å². The van der Waals surface area contributed by atoms with E-state index in [2.05, 4.69) is 0 Å². The summed E-state index contributed by atoms with van der Waals surface area (Å²) in [6.45, 7) is 0.624. The van der Waals surface area contributed by atoms with Gasteiger partial charge < -0.3 is 10.0 Å². The van der Waals surface area contributed by atoms with E-state index in [0.29, 0.717) is 23.7 Å². The predicted molar refractivity (Wildman–Crippen MR) is 101 cm³/mol. The quantitative estimate of drug-likeness (QED) is 0.736. The summed E-state index contributed by atoms with van der Waals surface area (Å²) in [5, 5.41) is 13.0. The minimum absolute atomic E-state index is 0.0699. The third-order valence-electron chi connectivity index (χ3n) is 4.86. The third kappa shape index (κ3) is 2.96. The van der Waals surface area contributed by atoms with E-state index in [1.54, 1.807) is 11.0 Å². The van der Waals surface area contributed by atoms with Crippen LogP contribution in [0.2, 0.25) is 5.02 Å². The summed E-state index contributed by atoms with van der Waals surface area (Å²) in [4.78, 5) is 14.7. The zero-order valence-corrected chi connectivity index (χ0v) is 14.4. The van der Waals surface area contributed by atoms with Gasteiger partial charge in [0.05, 0.1) is 5.69 Å². The van der Waals surface area contributed by atoms with Crippen LogP contribution >= 0.6 is 11.6 Å².